The average Bonchev–Trinajstić information content (AvgIpc) is 3.00. The van der Waals surface area contributed by atoms with Crippen molar-refractivity contribution < 1.29 is 0 Å². The van der Waals surface area contributed by atoms with E-state index in [2.05, 4.69) is 41.9 Å². The molecule has 0 aliphatic carbocycles. The fraction of sp³-hybridized carbons (Fsp3) is 0.583. The zero-order chi connectivity index (χ0) is 14.8. The van der Waals surface area contributed by atoms with E-state index < -0.39 is 0 Å². The normalized spacial score (nSPS) is 19.7. The van der Waals surface area contributed by atoms with Gasteiger partial charge in [0, 0.05) is 19.6 Å². The molecule has 1 aliphatic rings. The van der Waals surface area contributed by atoms with Gasteiger partial charge >= 0.3 is 0 Å². The molecule has 8 nitrogen and oxygen atoms in total. The van der Waals surface area contributed by atoms with Gasteiger partial charge in [0.25, 0.3) is 5.95 Å². The first-order chi connectivity index (χ1) is 10.1. The third-order valence-electron chi connectivity index (χ3n) is 3.67. The number of aromatic nitrogens is 6. The summed E-state index contributed by atoms with van der Waals surface area (Å²) in [5.74, 6) is 0.930. The molecule has 3 rings (SSSR count). The molecular weight excluding hydrogens is 292 g/mol. The van der Waals surface area contributed by atoms with E-state index in [1.807, 2.05) is 7.05 Å². The average molecular weight is 309 g/mol. The van der Waals surface area contributed by atoms with Crippen LogP contribution in [0.3, 0.4) is 0 Å². The summed E-state index contributed by atoms with van der Waals surface area (Å²) in [6.07, 6.45) is 5.24. The third kappa shape index (κ3) is 3.11. The van der Waals surface area contributed by atoms with Crippen LogP contribution < -0.4 is 4.90 Å². The molecule has 2 aromatic heterocycles. The van der Waals surface area contributed by atoms with Gasteiger partial charge in [0.15, 0.2) is 0 Å². The maximum absolute atomic E-state index is 6.02. The monoisotopic (exact) mass is 308 g/mol. The van der Waals surface area contributed by atoms with E-state index in [-0.39, 0.29) is 5.28 Å². The molecule has 2 aromatic rings. The lowest BCUT2D eigenvalue weighted by atomic mass is 10.1. The summed E-state index contributed by atoms with van der Waals surface area (Å²) >= 11 is 6.02. The first-order valence-corrected chi connectivity index (χ1v) is 7.19. The quantitative estimate of drug-likeness (QED) is 0.823. The summed E-state index contributed by atoms with van der Waals surface area (Å²) in [6, 6.07) is 0.366. The van der Waals surface area contributed by atoms with Crippen molar-refractivity contribution in [2.24, 2.45) is 0 Å². The van der Waals surface area contributed by atoms with E-state index in [4.69, 9.17) is 11.6 Å². The molecule has 0 saturated carbocycles. The molecule has 0 radical (unpaired) electrons. The van der Waals surface area contributed by atoms with Crippen molar-refractivity contribution in [3.8, 4) is 5.95 Å². The molecule has 1 saturated heterocycles. The highest BCUT2D eigenvalue weighted by Gasteiger charge is 2.23. The van der Waals surface area contributed by atoms with Crippen molar-refractivity contribution >= 4 is 17.5 Å². The van der Waals surface area contributed by atoms with E-state index in [1.54, 1.807) is 0 Å². The highest BCUT2D eigenvalue weighted by atomic mass is 35.5. The van der Waals surface area contributed by atoms with Crippen LogP contribution in [0.1, 0.15) is 12.8 Å². The van der Waals surface area contributed by atoms with E-state index in [9.17, 15) is 0 Å². The molecular formula is C12H17ClN8. The fourth-order valence-electron chi connectivity index (χ4n) is 2.52. The van der Waals surface area contributed by atoms with Gasteiger partial charge in [0.1, 0.15) is 12.7 Å². The molecule has 0 N–H and O–H groups in total. The smallest absolute Gasteiger partial charge is 0.258 e. The lowest BCUT2D eigenvalue weighted by Crippen LogP contribution is -2.45. The van der Waals surface area contributed by atoms with Crippen molar-refractivity contribution in [1.29, 1.82) is 0 Å². The fourth-order valence-corrected chi connectivity index (χ4v) is 2.67. The van der Waals surface area contributed by atoms with Gasteiger partial charge in [-0.2, -0.15) is 24.7 Å². The standard InChI is InChI=1S/C12H17ClN8/c1-19-5-3-4-9(6-19)20(2)11-16-10(13)17-12(18-11)21-8-14-7-15-21/h7-9H,3-6H2,1-2H3. The molecule has 112 valence electrons. The number of nitrogens with zero attached hydrogens (tertiary/aromatic N) is 8. The van der Waals surface area contributed by atoms with Gasteiger partial charge in [-0.05, 0) is 38.0 Å². The summed E-state index contributed by atoms with van der Waals surface area (Å²) in [6.45, 7) is 2.12. The van der Waals surface area contributed by atoms with Crippen LogP contribution in [0.25, 0.3) is 5.95 Å². The van der Waals surface area contributed by atoms with Crippen LogP contribution >= 0.6 is 11.6 Å². The molecule has 0 spiro atoms. The molecule has 0 bridgehead atoms. The van der Waals surface area contributed by atoms with Crippen molar-refractivity contribution in [3.05, 3.63) is 17.9 Å². The van der Waals surface area contributed by atoms with Crippen LogP contribution in [0, 0.1) is 0 Å². The topological polar surface area (TPSA) is 75.9 Å². The summed E-state index contributed by atoms with van der Waals surface area (Å²) < 4.78 is 1.47. The molecule has 3 heterocycles. The molecule has 0 amide bonds. The Balaban J connectivity index is 1.87. The van der Waals surface area contributed by atoms with E-state index in [0.717, 1.165) is 19.5 Å². The van der Waals surface area contributed by atoms with Gasteiger partial charge in [0.2, 0.25) is 11.2 Å². The molecule has 21 heavy (non-hydrogen) atoms. The molecule has 1 fully saturated rings. The van der Waals surface area contributed by atoms with Gasteiger partial charge in [-0.15, -0.1) is 0 Å². The molecule has 9 heteroatoms. The predicted octanol–water partition coefficient (Wildman–Crippen LogP) is 0.636. The summed E-state index contributed by atoms with van der Waals surface area (Å²) in [5.41, 5.74) is 0. The number of likely N-dealkylation sites (tertiary alicyclic amines) is 1. The first-order valence-electron chi connectivity index (χ1n) is 6.81. The van der Waals surface area contributed by atoms with Crippen LogP contribution in [-0.4, -0.2) is 67.8 Å². The van der Waals surface area contributed by atoms with Crippen LogP contribution in [0.4, 0.5) is 5.95 Å². The molecule has 1 atom stereocenters. The zero-order valence-corrected chi connectivity index (χ0v) is 12.8. The zero-order valence-electron chi connectivity index (χ0n) is 12.0. The van der Waals surface area contributed by atoms with Crippen molar-refractivity contribution in [2.45, 2.75) is 18.9 Å². The third-order valence-corrected chi connectivity index (χ3v) is 3.84. The lowest BCUT2D eigenvalue weighted by molar-refractivity contribution is 0.247. The Morgan fingerprint density at radius 1 is 1.33 bits per heavy atom. The van der Waals surface area contributed by atoms with E-state index >= 15 is 0 Å². The second kappa shape index (κ2) is 5.90. The van der Waals surface area contributed by atoms with Crippen LogP contribution in [0.2, 0.25) is 5.28 Å². The Hall–Kier alpha value is -1.80. The number of hydrogen-bond acceptors (Lipinski definition) is 7. The highest BCUT2D eigenvalue weighted by molar-refractivity contribution is 6.28. The maximum Gasteiger partial charge on any atom is 0.258 e. The minimum absolute atomic E-state index is 0.154. The number of halogens is 1. The molecule has 1 unspecified atom stereocenters. The van der Waals surface area contributed by atoms with Crippen molar-refractivity contribution in [2.75, 3.05) is 32.1 Å². The number of hydrogen-bond donors (Lipinski definition) is 0. The van der Waals surface area contributed by atoms with Crippen LogP contribution in [-0.2, 0) is 0 Å². The SMILES string of the molecule is CN1CCCC(N(C)c2nc(Cl)nc(-n3cncn3)n2)C1. The first kappa shape index (κ1) is 14.2. The van der Waals surface area contributed by atoms with Crippen LogP contribution in [0.5, 0.6) is 0 Å². The summed E-state index contributed by atoms with van der Waals surface area (Å²) in [7, 11) is 4.11. The largest absolute Gasteiger partial charge is 0.339 e. The number of rotatable bonds is 3. The Labute approximate surface area is 127 Å². The number of piperidine rings is 1. The Morgan fingerprint density at radius 2 is 2.19 bits per heavy atom. The van der Waals surface area contributed by atoms with Gasteiger partial charge < -0.3 is 9.80 Å². The van der Waals surface area contributed by atoms with Gasteiger partial charge in [-0.3, -0.25) is 0 Å². The number of likely N-dealkylation sites (N-methyl/N-ethyl adjacent to an activating group) is 2. The summed E-state index contributed by atoms with van der Waals surface area (Å²) in [5, 5.41) is 4.17. The van der Waals surface area contributed by atoms with Crippen molar-refractivity contribution in [3.63, 3.8) is 0 Å². The highest BCUT2D eigenvalue weighted by Crippen LogP contribution is 2.19. The second-order valence-electron chi connectivity index (χ2n) is 5.21. The Morgan fingerprint density at radius 3 is 2.90 bits per heavy atom. The van der Waals surface area contributed by atoms with E-state index in [0.29, 0.717) is 17.9 Å². The van der Waals surface area contributed by atoms with Gasteiger partial charge in [0.05, 0.1) is 0 Å². The van der Waals surface area contributed by atoms with Crippen LogP contribution in [0.15, 0.2) is 12.7 Å². The van der Waals surface area contributed by atoms with Gasteiger partial charge in [-0.25, -0.2) is 4.98 Å². The Kier molecular flexibility index (Phi) is 3.98. The minimum atomic E-state index is 0.154. The molecule has 0 aromatic carbocycles. The van der Waals surface area contributed by atoms with E-state index in [1.165, 1.54) is 23.8 Å². The Bertz CT molecular complexity index is 601. The molecule has 1 aliphatic heterocycles. The number of anilines is 1. The summed E-state index contributed by atoms with van der Waals surface area (Å²) in [4.78, 5) is 21.0. The second-order valence-corrected chi connectivity index (χ2v) is 5.55. The maximum atomic E-state index is 6.02. The predicted molar refractivity (Wildman–Crippen MR) is 78.7 cm³/mol. The lowest BCUT2D eigenvalue weighted by Gasteiger charge is -2.35. The van der Waals surface area contributed by atoms with Gasteiger partial charge in [-0.1, -0.05) is 0 Å². The minimum Gasteiger partial charge on any atom is -0.339 e. The van der Waals surface area contributed by atoms with Crippen molar-refractivity contribution in [1.82, 2.24) is 34.6 Å².